The first-order valence-electron chi connectivity index (χ1n) is 12.8. The zero-order chi connectivity index (χ0) is 26.8. The number of piperidine rings is 1. The molecule has 2 atom stereocenters. The van der Waals surface area contributed by atoms with Crippen molar-refractivity contribution in [1.82, 2.24) is 5.32 Å². The number of hydrogen-bond acceptors (Lipinski definition) is 8. The Bertz CT molecular complexity index is 1040. The van der Waals surface area contributed by atoms with Crippen molar-refractivity contribution in [1.29, 1.82) is 0 Å². The van der Waals surface area contributed by atoms with Crippen LogP contribution in [0.5, 0.6) is 17.2 Å². The molecule has 3 rings (SSSR count). The van der Waals surface area contributed by atoms with Gasteiger partial charge in [0.05, 0.1) is 14.2 Å². The van der Waals surface area contributed by atoms with Crippen molar-refractivity contribution in [3.8, 4) is 17.2 Å². The van der Waals surface area contributed by atoms with E-state index in [-0.39, 0.29) is 18.6 Å². The minimum atomic E-state index is -0.584. The number of methoxy groups -OCH3 is 2. The summed E-state index contributed by atoms with van der Waals surface area (Å²) in [7, 11) is 3.20. The zero-order valence-electron chi connectivity index (χ0n) is 22.5. The second-order valence-electron chi connectivity index (χ2n) is 10.1. The summed E-state index contributed by atoms with van der Waals surface area (Å²) in [6.07, 6.45) is 3.54. The molecule has 0 amide bonds. The summed E-state index contributed by atoms with van der Waals surface area (Å²) in [5.41, 5.74) is 1.25. The van der Waals surface area contributed by atoms with Gasteiger partial charge in [0.15, 0.2) is 18.1 Å². The Morgan fingerprint density at radius 1 is 1.03 bits per heavy atom. The molecule has 1 heterocycles. The lowest BCUT2D eigenvalue weighted by Crippen LogP contribution is -2.41. The van der Waals surface area contributed by atoms with Crippen LogP contribution >= 0.6 is 0 Å². The maximum atomic E-state index is 13.0. The minimum absolute atomic E-state index is 0.206. The Balaban J connectivity index is 1.74. The van der Waals surface area contributed by atoms with E-state index >= 15 is 0 Å². The van der Waals surface area contributed by atoms with Gasteiger partial charge < -0.3 is 29.0 Å². The first kappa shape index (κ1) is 28.3. The van der Waals surface area contributed by atoms with E-state index in [2.05, 4.69) is 5.32 Å². The second kappa shape index (κ2) is 13.3. The van der Waals surface area contributed by atoms with E-state index in [9.17, 15) is 9.59 Å². The van der Waals surface area contributed by atoms with E-state index in [0.29, 0.717) is 30.1 Å². The van der Waals surface area contributed by atoms with Gasteiger partial charge in [-0.2, -0.15) is 0 Å². The van der Waals surface area contributed by atoms with Crippen molar-refractivity contribution in [3.05, 3.63) is 53.6 Å². The van der Waals surface area contributed by atoms with Crippen LogP contribution in [0.25, 0.3) is 0 Å². The molecule has 37 heavy (non-hydrogen) atoms. The van der Waals surface area contributed by atoms with Crippen LogP contribution in [-0.4, -0.2) is 51.0 Å². The number of ether oxygens (including phenoxy) is 5. The van der Waals surface area contributed by atoms with Crippen molar-refractivity contribution in [3.63, 3.8) is 0 Å². The van der Waals surface area contributed by atoms with Crippen molar-refractivity contribution in [2.24, 2.45) is 0 Å². The Labute approximate surface area is 219 Å². The average Bonchev–Trinajstić information content (AvgIpc) is 2.89. The summed E-state index contributed by atoms with van der Waals surface area (Å²) in [4.78, 5) is 25.1. The third kappa shape index (κ3) is 8.97. The fourth-order valence-corrected chi connectivity index (χ4v) is 4.22. The third-order valence-corrected chi connectivity index (χ3v) is 6.00. The van der Waals surface area contributed by atoms with Crippen LogP contribution in [0.4, 0.5) is 0 Å². The number of esters is 2. The van der Waals surface area contributed by atoms with Crippen molar-refractivity contribution in [2.75, 3.05) is 27.4 Å². The standard InChI is InChI=1S/C29H39NO7/c1-29(2,3)37-27(31)19-35-22-10-8-9-21(18-22)24(36-28(32)23-11-6-7-16-30-23)14-12-20-13-15-25(33-4)26(17-20)34-5/h8-10,13,15,17-18,23-24,30H,6-7,11-12,14,16,19H2,1-5H3/t23?,24-/m1/s1. The highest BCUT2D eigenvalue weighted by molar-refractivity contribution is 5.76. The van der Waals surface area contributed by atoms with Crippen LogP contribution in [0.15, 0.2) is 42.5 Å². The van der Waals surface area contributed by atoms with Crippen LogP contribution in [0.2, 0.25) is 0 Å². The highest BCUT2D eigenvalue weighted by atomic mass is 16.6. The number of carbonyl (C=O) groups is 2. The summed E-state index contributed by atoms with van der Waals surface area (Å²) in [6.45, 7) is 6.03. The zero-order valence-corrected chi connectivity index (χ0v) is 22.5. The summed E-state index contributed by atoms with van der Waals surface area (Å²) in [6, 6.07) is 12.8. The molecule has 0 bridgehead atoms. The van der Waals surface area contributed by atoms with E-state index < -0.39 is 17.7 Å². The van der Waals surface area contributed by atoms with Gasteiger partial charge in [0, 0.05) is 0 Å². The lowest BCUT2D eigenvalue weighted by Gasteiger charge is -2.26. The van der Waals surface area contributed by atoms with Crippen LogP contribution in [0.3, 0.4) is 0 Å². The molecule has 0 saturated carbocycles. The summed E-state index contributed by atoms with van der Waals surface area (Å²) in [5.74, 6) is 1.12. The average molecular weight is 514 g/mol. The largest absolute Gasteiger partial charge is 0.493 e. The molecule has 1 N–H and O–H groups in total. The molecule has 1 unspecified atom stereocenters. The quantitative estimate of drug-likeness (QED) is 0.429. The molecule has 1 aliphatic heterocycles. The number of aryl methyl sites for hydroxylation is 1. The van der Waals surface area contributed by atoms with E-state index in [0.717, 1.165) is 36.9 Å². The lowest BCUT2D eigenvalue weighted by molar-refractivity contribution is -0.157. The normalized spacial score (nSPS) is 16.4. The second-order valence-corrected chi connectivity index (χ2v) is 10.1. The fourth-order valence-electron chi connectivity index (χ4n) is 4.22. The molecule has 8 heteroatoms. The molecule has 0 aliphatic carbocycles. The Morgan fingerprint density at radius 2 is 1.81 bits per heavy atom. The van der Waals surface area contributed by atoms with Gasteiger partial charge in [0.25, 0.3) is 0 Å². The molecular weight excluding hydrogens is 474 g/mol. The molecule has 0 spiro atoms. The fraction of sp³-hybridized carbons (Fsp3) is 0.517. The van der Waals surface area contributed by atoms with Crippen molar-refractivity contribution >= 4 is 11.9 Å². The number of carbonyl (C=O) groups excluding carboxylic acids is 2. The highest BCUT2D eigenvalue weighted by Crippen LogP contribution is 2.31. The first-order valence-corrected chi connectivity index (χ1v) is 12.8. The van der Waals surface area contributed by atoms with Crippen molar-refractivity contribution in [2.45, 2.75) is 70.6 Å². The van der Waals surface area contributed by atoms with Gasteiger partial charge in [0.1, 0.15) is 23.5 Å². The number of benzene rings is 2. The van der Waals surface area contributed by atoms with Gasteiger partial charge >= 0.3 is 11.9 Å². The smallest absolute Gasteiger partial charge is 0.344 e. The molecule has 1 saturated heterocycles. The van der Waals surface area contributed by atoms with Gasteiger partial charge in [-0.1, -0.05) is 24.6 Å². The van der Waals surface area contributed by atoms with Gasteiger partial charge in [-0.25, -0.2) is 4.79 Å². The monoisotopic (exact) mass is 513 g/mol. The van der Waals surface area contributed by atoms with Gasteiger partial charge in [-0.05, 0) is 88.4 Å². The van der Waals surface area contributed by atoms with Crippen LogP contribution < -0.4 is 19.5 Å². The maximum Gasteiger partial charge on any atom is 0.344 e. The van der Waals surface area contributed by atoms with Gasteiger partial charge in [-0.3, -0.25) is 4.79 Å². The summed E-state index contributed by atoms with van der Waals surface area (Å²) in [5, 5.41) is 3.26. The van der Waals surface area contributed by atoms with E-state index in [1.54, 1.807) is 20.3 Å². The highest BCUT2D eigenvalue weighted by Gasteiger charge is 2.26. The SMILES string of the molecule is COc1ccc(CC[C@@H](OC(=O)C2CCCCN2)c2cccc(OCC(=O)OC(C)(C)C)c2)cc1OC. The lowest BCUT2D eigenvalue weighted by atomic mass is 10.00. The van der Waals surface area contributed by atoms with E-state index in [1.807, 2.05) is 57.2 Å². The molecule has 2 aromatic rings. The minimum Gasteiger partial charge on any atom is -0.493 e. The molecule has 1 aliphatic rings. The predicted molar refractivity (Wildman–Crippen MR) is 140 cm³/mol. The Kier molecular flexibility index (Phi) is 10.2. The van der Waals surface area contributed by atoms with Gasteiger partial charge in [-0.15, -0.1) is 0 Å². The van der Waals surface area contributed by atoms with Crippen LogP contribution in [0.1, 0.15) is 63.7 Å². The molecule has 8 nitrogen and oxygen atoms in total. The predicted octanol–water partition coefficient (Wildman–Crippen LogP) is 4.78. The van der Waals surface area contributed by atoms with Gasteiger partial charge in [0.2, 0.25) is 0 Å². The Hall–Kier alpha value is -3.26. The number of nitrogens with one attached hydrogen (secondary N) is 1. The summed E-state index contributed by atoms with van der Waals surface area (Å²) >= 11 is 0. The summed E-state index contributed by atoms with van der Waals surface area (Å²) < 4.78 is 27.8. The molecule has 0 aromatic heterocycles. The topological polar surface area (TPSA) is 92.3 Å². The molecule has 2 aromatic carbocycles. The van der Waals surface area contributed by atoms with Crippen LogP contribution in [0, 0.1) is 0 Å². The number of hydrogen-bond donors (Lipinski definition) is 1. The van der Waals surface area contributed by atoms with E-state index in [1.165, 1.54) is 0 Å². The first-order chi connectivity index (χ1) is 17.7. The number of rotatable bonds is 11. The molecule has 202 valence electrons. The molecule has 0 radical (unpaired) electrons. The maximum absolute atomic E-state index is 13.0. The Morgan fingerprint density at radius 3 is 2.49 bits per heavy atom. The third-order valence-electron chi connectivity index (χ3n) is 6.00. The molecular formula is C29H39NO7. The van der Waals surface area contributed by atoms with Crippen LogP contribution in [-0.2, 0) is 25.5 Å². The molecule has 1 fully saturated rings. The van der Waals surface area contributed by atoms with E-state index in [4.69, 9.17) is 23.7 Å². The van der Waals surface area contributed by atoms with Crippen molar-refractivity contribution < 1.29 is 33.3 Å².